The molecule has 0 unspecified atom stereocenters. The molecule has 0 rings (SSSR count). The van der Waals surface area contributed by atoms with Crippen molar-refractivity contribution < 1.29 is 81.1 Å². The molecule has 0 amide bonds. The van der Waals surface area contributed by atoms with Crippen molar-refractivity contribution in [3.05, 3.63) is 0 Å². The molecule has 0 fully saturated rings. The number of rotatable bonds is 0. The second-order valence-electron chi connectivity index (χ2n) is 0. The minimum absolute atomic E-state index is 0. The first-order valence-electron chi connectivity index (χ1n) is 0. The number of hydrogen-bond donors (Lipinski definition) is 0. The van der Waals surface area contributed by atoms with Crippen LogP contribution in [0.3, 0.4) is 0 Å². The Morgan fingerprint density at radius 3 is 1.00 bits per heavy atom. The van der Waals surface area contributed by atoms with Crippen molar-refractivity contribution >= 4 is 17.0 Å². The molecule has 0 aromatic carbocycles. The van der Waals surface area contributed by atoms with Gasteiger partial charge in [0.05, 0.1) is 0 Å². The zero-order valence-corrected chi connectivity index (χ0v) is 10.4. The molecular weight excluding hydrogens is 381 g/mol. The van der Waals surface area contributed by atoms with Crippen molar-refractivity contribution in [2.24, 2.45) is 0 Å². The van der Waals surface area contributed by atoms with Gasteiger partial charge in [-0.1, -0.05) is 0 Å². The van der Waals surface area contributed by atoms with E-state index in [-0.39, 0.29) is 98.1 Å². The van der Waals surface area contributed by atoms with Crippen LogP contribution in [0, 0.1) is 0 Å². The molecule has 5 heavy (non-hydrogen) atoms. The van der Waals surface area contributed by atoms with Crippen LogP contribution in [0.2, 0.25) is 0 Å². The largest absolute Gasteiger partial charge is 0.114 e. The molecule has 0 aliphatic carbocycles. The monoisotopic (exact) mass is 382 g/mol. The number of hydrogen-bond acceptors (Lipinski definition) is 0. The summed E-state index contributed by atoms with van der Waals surface area (Å²) in [5.74, 6) is 0. The van der Waals surface area contributed by atoms with Crippen LogP contribution < -0.4 is 0 Å². The summed E-state index contributed by atoms with van der Waals surface area (Å²) in [7, 11) is 0. The maximum atomic E-state index is 0. The SMILES string of the molecule is Br.[Co].[Mn].[Mo].[Zr]. The summed E-state index contributed by atoms with van der Waals surface area (Å²) in [6.07, 6.45) is 0. The van der Waals surface area contributed by atoms with Gasteiger partial charge in [-0.15, -0.1) is 17.0 Å². The van der Waals surface area contributed by atoms with Crippen molar-refractivity contribution in [2.75, 3.05) is 0 Å². The standard InChI is InChI=1S/BrH.Co.Mn.Mo.Zr/h1H;;;;. The van der Waals surface area contributed by atoms with E-state index in [4.69, 9.17) is 0 Å². The molecule has 0 atom stereocenters. The maximum absolute atomic E-state index is 0. The third-order valence-corrected chi connectivity index (χ3v) is 0. The number of halogens is 1. The van der Waals surface area contributed by atoms with Crippen LogP contribution in [-0.4, -0.2) is 0 Å². The molecule has 0 saturated heterocycles. The predicted octanol–water partition coefficient (Wildman–Crippen LogP) is 0.568. The van der Waals surface area contributed by atoms with Crippen LogP contribution in [0.15, 0.2) is 0 Å². The summed E-state index contributed by atoms with van der Waals surface area (Å²) in [4.78, 5) is 0. The summed E-state index contributed by atoms with van der Waals surface area (Å²) in [5.41, 5.74) is 0. The first-order chi connectivity index (χ1) is 0. The first kappa shape index (κ1) is 42.7. The molecule has 0 nitrogen and oxygen atoms in total. The van der Waals surface area contributed by atoms with Gasteiger partial charge >= 0.3 is 0 Å². The molecule has 0 aromatic rings. The van der Waals surface area contributed by atoms with Gasteiger partial charge in [0, 0.05) is 81.1 Å². The molecule has 0 saturated carbocycles. The van der Waals surface area contributed by atoms with Gasteiger partial charge in [0.2, 0.25) is 0 Å². The van der Waals surface area contributed by atoms with E-state index in [1.807, 2.05) is 0 Å². The molecule has 0 aliphatic rings. The van der Waals surface area contributed by atoms with E-state index >= 15 is 0 Å². The Labute approximate surface area is 96.4 Å². The first-order valence-corrected chi connectivity index (χ1v) is 0. The van der Waals surface area contributed by atoms with Gasteiger partial charge in [-0.25, -0.2) is 0 Å². The minimum Gasteiger partial charge on any atom is -0.114 e. The van der Waals surface area contributed by atoms with E-state index in [0.717, 1.165) is 0 Å². The van der Waals surface area contributed by atoms with Crippen molar-refractivity contribution in [2.45, 2.75) is 0 Å². The van der Waals surface area contributed by atoms with E-state index < -0.39 is 0 Å². The zero-order chi connectivity index (χ0) is 0. The van der Waals surface area contributed by atoms with Gasteiger partial charge in [0.1, 0.15) is 0 Å². The average molecular weight is 382 g/mol. The van der Waals surface area contributed by atoms with Crippen LogP contribution in [0.25, 0.3) is 0 Å². The molecule has 0 N–H and O–H groups in total. The van der Waals surface area contributed by atoms with Crippen molar-refractivity contribution in [1.82, 2.24) is 0 Å². The Balaban J connectivity index is 0. The quantitative estimate of drug-likeness (QED) is 0.538. The maximum Gasteiger partial charge on any atom is 0 e. The van der Waals surface area contributed by atoms with Crippen LogP contribution in [0.4, 0.5) is 0 Å². The minimum atomic E-state index is 0. The van der Waals surface area contributed by atoms with E-state index in [9.17, 15) is 0 Å². The van der Waals surface area contributed by atoms with Crippen molar-refractivity contribution in [1.29, 1.82) is 0 Å². The van der Waals surface area contributed by atoms with Crippen molar-refractivity contribution in [3.63, 3.8) is 0 Å². The Kier molecular flexibility index (Phi) is 236. The van der Waals surface area contributed by atoms with E-state index in [0.29, 0.717) is 0 Å². The van der Waals surface area contributed by atoms with Gasteiger partial charge < -0.3 is 0 Å². The van der Waals surface area contributed by atoms with Crippen LogP contribution in [-0.2, 0) is 81.1 Å². The molecule has 0 bridgehead atoms. The zero-order valence-electron chi connectivity index (χ0n) is 2.03. The molecule has 0 aromatic heterocycles. The Hall–Kier alpha value is 3.08. The van der Waals surface area contributed by atoms with Gasteiger partial charge in [-0.3, -0.25) is 0 Å². The predicted molar refractivity (Wildman–Crippen MR) is 10.3 cm³/mol. The molecule has 0 heterocycles. The fraction of sp³-hybridized carbons (Fsp3) is 0. The Bertz CT molecular complexity index is 11.6. The van der Waals surface area contributed by atoms with Gasteiger partial charge in [-0.05, 0) is 0 Å². The fourth-order valence-corrected chi connectivity index (χ4v) is 0. The normalized spacial score (nSPS) is 0. The summed E-state index contributed by atoms with van der Waals surface area (Å²) in [6, 6.07) is 0. The van der Waals surface area contributed by atoms with Gasteiger partial charge in [0.15, 0.2) is 0 Å². The molecule has 2 radical (unpaired) electrons. The molecule has 0 spiro atoms. The topological polar surface area (TPSA) is 0 Å². The molecule has 5 heteroatoms. The third kappa shape index (κ3) is 19.3. The van der Waals surface area contributed by atoms with E-state index in [1.165, 1.54) is 0 Å². The third-order valence-electron chi connectivity index (χ3n) is 0. The average Bonchev–Trinajstić information content (AvgIpc) is 0. The smallest absolute Gasteiger partial charge is 0 e. The summed E-state index contributed by atoms with van der Waals surface area (Å²) >= 11 is 0. The van der Waals surface area contributed by atoms with Gasteiger partial charge in [0.25, 0.3) is 0 Å². The molecular formula is HBrCoMnMoZr. The van der Waals surface area contributed by atoms with E-state index in [1.54, 1.807) is 0 Å². The second-order valence-corrected chi connectivity index (χ2v) is 0. The summed E-state index contributed by atoms with van der Waals surface area (Å²) in [6.45, 7) is 0. The summed E-state index contributed by atoms with van der Waals surface area (Å²) in [5, 5.41) is 0. The van der Waals surface area contributed by atoms with Crippen LogP contribution in [0.5, 0.6) is 0 Å². The summed E-state index contributed by atoms with van der Waals surface area (Å²) < 4.78 is 0. The second kappa shape index (κ2) is 27.6. The molecule has 0 aliphatic heterocycles. The molecule has 34 valence electrons. The van der Waals surface area contributed by atoms with Crippen molar-refractivity contribution in [3.8, 4) is 0 Å². The van der Waals surface area contributed by atoms with E-state index in [2.05, 4.69) is 0 Å². The van der Waals surface area contributed by atoms with Crippen LogP contribution >= 0.6 is 17.0 Å². The van der Waals surface area contributed by atoms with Gasteiger partial charge in [-0.2, -0.15) is 0 Å². The Morgan fingerprint density at radius 2 is 1.00 bits per heavy atom. The fourth-order valence-electron chi connectivity index (χ4n) is 0. The van der Waals surface area contributed by atoms with Crippen LogP contribution in [0.1, 0.15) is 0 Å². The Morgan fingerprint density at radius 1 is 1.00 bits per heavy atom.